The lowest BCUT2D eigenvalue weighted by Crippen LogP contribution is -2.37. The summed E-state index contributed by atoms with van der Waals surface area (Å²) in [6.45, 7) is 1.08. The zero-order valence-electron chi connectivity index (χ0n) is 13.2. The normalized spacial score (nSPS) is 14.1. The Morgan fingerprint density at radius 2 is 1.83 bits per heavy atom. The van der Waals surface area contributed by atoms with E-state index in [1.54, 1.807) is 18.2 Å². The lowest BCUT2D eigenvalue weighted by Gasteiger charge is -2.13. The molecule has 1 aromatic carbocycles. The Kier molecular flexibility index (Phi) is 6.68. The van der Waals surface area contributed by atoms with Gasteiger partial charge < -0.3 is 15.4 Å². The fraction of sp³-hybridized carbons (Fsp3) is 0.438. The predicted molar refractivity (Wildman–Crippen MR) is 83.4 cm³/mol. The molecule has 2 N–H and O–H groups in total. The zero-order chi connectivity index (χ0) is 17.4. The molecular formula is C16H20FN3O4. The molecule has 2 rings (SSSR count). The van der Waals surface area contributed by atoms with Crippen molar-refractivity contribution >= 4 is 17.8 Å². The van der Waals surface area contributed by atoms with E-state index in [9.17, 15) is 18.8 Å². The molecule has 130 valence electrons. The highest BCUT2D eigenvalue weighted by atomic mass is 19.1. The number of hydrogen-bond donors (Lipinski definition) is 2. The summed E-state index contributed by atoms with van der Waals surface area (Å²) in [6, 6.07) is 5.78. The largest absolute Gasteiger partial charge is 0.378 e. The summed E-state index contributed by atoms with van der Waals surface area (Å²) in [5.41, 5.74) is 0.406. The summed E-state index contributed by atoms with van der Waals surface area (Å²) in [5.74, 6) is -0.712. The maximum atomic E-state index is 13.4. The van der Waals surface area contributed by atoms with Crippen LogP contribution in [0.4, 0.5) is 9.18 Å². The van der Waals surface area contributed by atoms with Crippen LogP contribution in [0, 0.1) is 5.82 Å². The molecule has 0 aliphatic carbocycles. The highest BCUT2D eigenvalue weighted by Gasteiger charge is 2.28. The van der Waals surface area contributed by atoms with Crippen molar-refractivity contribution < 1.29 is 23.5 Å². The second kappa shape index (κ2) is 8.97. The number of amides is 4. The van der Waals surface area contributed by atoms with Gasteiger partial charge >= 0.3 is 6.03 Å². The third-order valence-electron chi connectivity index (χ3n) is 3.54. The molecule has 0 saturated carbocycles. The van der Waals surface area contributed by atoms with Crippen LogP contribution in [-0.4, -0.2) is 49.0 Å². The molecular weight excluding hydrogens is 317 g/mol. The lowest BCUT2D eigenvalue weighted by molar-refractivity contribution is -0.139. The standard InChI is InChI=1S/C16H20FN3O4/c17-13-4-2-1-3-12(13)11-19-16(23)18-7-9-24-10-8-20-14(21)5-6-15(20)22/h1-4H,5-11H2,(H2,18,19,23). The first-order valence-corrected chi connectivity index (χ1v) is 7.74. The fourth-order valence-electron chi connectivity index (χ4n) is 2.25. The molecule has 1 aliphatic heterocycles. The van der Waals surface area contributed by atoms with E-state index in [4.69, 9.17) is 4.74 Å². The Balaban J connectivity index is 1.53. The molecule has 0 spiro atoms. The van der Waals surface area contributed by atoms with Gasteiger partial charge in [0.1, 0.15) is 5.82 Å². The number of nitrogens with one attached hydrogen (secondary N) is 2. The average molecular weight is 337 g/mol. The molecule has 4 amide bonds. The molecule has 0 bridgehead atoms. The van der Waals surface area contributed by atoms with Crippen LogP contribution in [0.2, 0.25) is 0 Å². The summed E-state index contributed by atoms with van der Waals surface area (Å²) >= 11 is 0. The van der Waals surface area contributed by atoms with E-state index in [0.29, 0.717) is 5.56 Å². The number of urea groups is 1. The minimum Gasteiger partial charge on any atom is -0.378 e. The highest BCUT2D eigenvalue weighted by molar-refractivity contribution is 6.01. The molecule has 24 heavy (non-hydrogen) atoms. The number of nitrogens with zero attached hydrogens (tertiary/aromatic N) is 1. The highest BCUT2D eigenvalue weighted by Crippen LogP contribution is 2.10. The number of ether oxygens (including phenoxy) is 1. The van der Waals surface area contributed by atoms with E-state index in [1.165, 1.54) is 11.0 Å². The van der Waals surface area contributed by atoms with Crippen molar-refractivity contribution in [2.45, 2.75) is 19.4 Å². The molecule has 1 aliphatic rings. The molecule has 7 nitrogen and oxygen atoms in total. The summed E-state index contributed by atoms with van der Waals surface area (Å²) in [5, 5.41) is 5.12. The van der Waals surface area contributed by atoms with Crippen molar-refractivity contribution in [2.75, 3.05) is 26.3 Å². The molecule has 1 heterocycles. The van der Waals surface area contributed by atoms with Crippen LogP contribution < -0.4 is 10.6 Å². The Labute approximate surface area is 139 Å². The Bertz CT molecular complexity index is 593. The number of halogens is 1. The van der Waals surface area contributed by atoms with Gasteiger partial charge in [0.25, 0.3) is 0 Å². The average Bonchev–Trinajstić information content (AvgIpc) is 2.89. The molecule has 0 unspecified atom stereocenters. The molecule has 0 aromatic heterocycles. The minimum atomic E-state index is -0.424. The quantitative estimate of drug-likeness (QED) is 0.542. The zero-order valence-corrected chi connectivity index (χ0v) is 13.2. The SMILES string of the molecule is O=C(NCCOCCN1C(=O)CCC1=O)NCc1ccccc1F. The Hall–Kier alpha value is -2.48. The fourth-order valence-corrected chi connectivity index (χ4v) is 2.25. The second-order valence-electron chi connectivity index (χ2n) is 5.25. The van der Waals surface area contributed by atoms with Gasteiger partial charge in [-0.25, -0.2) is 9.18 Å². The van der Waals surface area contributed by atoms with Gasteiger partial charge in [-0.3, -0.25) is 14.5 Å². The van der Waals surface area contributed by atoms with Gasteiger partial charge in [0.2, 0.25) is 11.8 Å². The lowest BCUT2D eigenvalue weighted by atomic mass is 10.2. The van der Waals surface area contributed by atoms with Crippen molar-refractivity contribution in [3.8, 4) is 0 Å². The van der Waals surface area contributed by atoms with Crippen LogP contribution in [0.3, 0.4) is 0 Å². The topological polar surface area (TPSA) is 87.7 Å². The van der Waals surface area contributed by atoms with Crippen molar-refractivity contribution in [3.63, 3.8) is 0 Å². The van der Waals surface area contributed by atoms with Crippen LogP contribution in [0.25, 0.3) is 0 Å². The van der Waals surface area contributed by atoms with Crippen LogP contribution in [-0.2, 0) is 20.9 Å². The molecule has 8 heteroatoms. The molecule has 1 aromatic rings. The first kappa shape index (κ1) is 17.9. The summed E-state index contributed by atoms with van der Waals surface area (Å²) in [4.78, 5) is 35.5. The first-order valence-electron chi connectivity index (χ1n) is 7.74. The van der Waals surface area contributed by atoms with Crippen molar-refractivity contribution in [1.82, 2.24) is 15.5 Å². The predicted octanol–water partition coefficient (Wildman–Crippen LogP) is 0.790. The monoisotopic (exact) mass is 337 g/mol. The molecule has 1 fully saturated rings. The van der Waals surface area contributed by atoms with Crippen molar-refractivity contribution in [2.24, 2.45) is 0 Å². The van der Waals surface area contributed by atoms with Gasteiger partial charge in [0.05, 0.1) is 19.8 Å². The number of carbonyl (C=O) groups excluding carboxylic acids is 3. The number of likely N-dealkylation sites (tertiary alicyclic amines) is 1. The number of benzene rings is 1. The van der Waals surface area contributed by atoms with Gasteiger partial charge in [-0.2, -0.15) is 0 Å². The van der Waals surface area contributed by atoms with E-state index in [2.05, 4.69) is 10.6 Å². The van der Waals surface area contributed by atoms with Crippen LogP contribution in [0.5, 0.6) is 0 Å². The number of imide groups is 1. The molecule has 1 saturated heterocycles. The third-order valence-corrected chi connectivity index (χ3v) is 3.54. The smallest absolute Gasteiger partial charge is 0.315 e. The van der Waals surface area contributed by atoms with Crippen molar-refractivity contribution in [1.29, 1.82) is 0 Å². The van der Waals surface area contributed by atoms with Crippen LogP contribution in [0.1, 0.15) is 18.4 Å². The van der Waals surface area contributed by atoms with Crippen LogP contribution in [0.15, 0.2) is 24.3 Å². The number of carbonyl (C=O) groups is 3. The third kappa shape index (κ3) is 5.31. The first-order chi connectivity index (χ1) is 11.6. The molecule has 0 radical (unpaired) electrons. The minimum absolute atomic E-state index is 0.0958. The van der Waals surface area contributed by atoms with E-state index in [-0.39, 0.29) is 63.3 Å². The summed E-state index contributed by atoms with van der Waals surface area (Å²) in [7, 11) is 0. The van der Waals surface area contributed by atoms with E-state index >= 15 is 0 Å². The Morgan fingerprint density at radius 3 is 2.54 bits per heavy atom. The van der Waals surface area contributed by atoms with E-state index in [0.717, 1.165) is 0 Å². The van der Waals surface area contributed by atoms with E-state index < -0.39 is 6.03 Å². The van der Waals surface area contributed by atoms with Gasteiger partial charge in [-0.05, 0) is 6.07 Å². The van der Waals surface area contributed by atoms with Crippen molar-refractivity contribution in [3.05, 3.63) is 35.6 Å². The maximum Gasteiger partial charge on any atom is 0.315 e. The Morgan fingerprint density at radius 1 is 1.12 bits per heavy atom. The van der Waals surface area contributed by atoms with Gasteiger partial charge in [-0.15, -0.1) is 0 Å². The summed E-state index contributed by atoms with van der Waals surface area (Å²) < 4.78 is 18.6. The van der Waals surface area contributed by atoms with Gasteiger partial charge in [-0.1, -0.05) is 18.2 Å². The summed E-state index contributed by atoms with van der Waals surface area (Å²) in [6.07, 6.45) is 0.533. The maximum absolute atomic E-state index is 13.4. The number of hydrogen-bond acceptors (Lipinski definition) is 4. The second-order valence-corrected chi connectivity index (χ2v) is 5.25. The number of rotatable bonds is 8. The molecule has 0 atom stereocenters. The van der Waals surface area contributed by atoms with E-state index in [1.807, 2.05) is 0 Å². The van der Waals surface area contributed by atoms with Crippen LogP contribution >= 0.6 is 0 Å². The van der Waals surface area contributed by atoms with Gasteiger partial charge in [0, 0.05) is 31.5 Å². The van der Waals surface area contributed by atoms with Gasteiger partial charge in [0.15, 0.2) is 0 Å².